The van der Waals surface area contributed by atoms with Crippen molar-refractivity contribution in [2.24, 2.45) is 5.73 Å². The van der Waals surface area contributed by atoms with Crippen LogP contribution < -0.4 is 5.73 Å². The van der Waals surface area contributed by atoms with Crippen LogP contribution in [-0.2, 0) is 6.18 Å². The molecule has 2 aromatic rings. The second-order valence-electron chi connectivity index (χ2n) is 4.69. The molecule has 106 valence electrons. The van der Waals surface area contributed by atoms with Crippen LogP contribution in [0.15, 0.2) is 48.8 Å². The minimum Gasteiger partial charge on any atom is -0.323 e. The number of benzene rings is 1. The SMILES string of the molecule is CC(c1ccccc1)C(N)c1cnccc1C(F)(F)F. The summed E-state index contributed by atoms with van der Waals surface area (Å²) in [7, 11) is 0. The number of nitrogens with two attached hydrogens (primary N) is 1. The Morgan fingerprint density at radius 1 is 1.10 bits per heavy atom. The van der Waals surface area contributed by atoms with E-state index in [4.69, 9.17) is 5.73 Å². The lowest BCUT2D eigenvalue weighted by Crippen LogP contribution is -2.22. The fourth-order valence-electron chi connectivity index (χ4n) is 2.16. The predicted molar refractivity (Wildman–Crippen MR) is 71.0 cm³/mol. The number of hydrogen-bond acceptors (Lipinski definition) is 2. The maximum Gasteiger partial charge on any atom is 0.416 e. The molecule has 1 heterocycles. The number of rotatable bonds is 3. The van der Waals surface area contributed by atoms with Gasteiger partial charge in [-0.25, -0.2) is 0 Å². The van der Waals surface area contributed by atoms with E-state index >= 15 is 0 Å². The molecule has 0 spiro atoms. The monoisotopic (exact) mass is 280 g/mol. The standard InChI is InChI=1S/C15H15F3N2/c1-10(11-5-3-2-4-6-11)14(19)12-9-20-8-7-13(12)15(16,17)18/h2-10,14H,19H2,1H3. The van der Waals surface area contributed by atoms with E-state index < -0.39 is 17.8 Å². The molecule has 2 rings (SSSR count). The van der Waals surface area contributed by atoms with Gasteiger partial charge in [0.2, 0.25) is 0 Å². The minimum atomic E-state index is -4.42. The molecule has 1 aromatic carbocycles. The number of nitrogens with zero attached hydrogens (tertiary/aromatic N) is 1. The Morgan fingerprint density at radius 2 is 1.75 bits per heavy atom. The first-order chi connectivity index (χ1) is 9.41. The molecule has 2 nitrogen and oxygen atoms in total. The molecule has 0 bridgehead atoms. The van der Waals surface area contributed by atoms with Crippen molar-refractivity contribution in [2.75, 3.05) is 0 Å². The van der Waals surface area contributed by atoms with Crippen LogP contribution in [0.25, 0.3) is 0 Å². The predicted octanol–water partition coefficient (Wildman–Crippen LogP) is 3.90. The van der Waals surface area contributed by atoms with E-state index in [1.54, 1.807) is 0 Å². The van der Waals surface area contributed by atoms with Crippen LogP contribution in [0.3, 0.4) is 0 Å². The van der Waals surface area contributed by atoms with E-state index in [-0.39, 0.29) is 11.5 Å². The average molecular weight is 280 g/mol. The van der Waals surface area contributed by atoms with E-state index in [9.17, 15) is 13.2 Å². The van der Waals surface area contributed by atoms with Crippen molar-refractivity contribution in [3.63, 3.8) is 0 Å². The molecular weight excluding hydrogens is 265 g/mol. The number of alkyl halides is 3. The van der Waals surface area contributed by atoms with Crippen molar-refractivity contribution in [3.8, 4) is 0 Å². The summed E-state index contributed by atoms with van der Waals surface area (Å²) >= 11 is 0. The topological polar surface area (TPSA) is 38.9 Å². The number of halogens is 3. The molecule has 1 aromatic heterocycles. The Morgan fingerprint density at radius 3 is 2.35 bits per heavy atom. The summed E-state index contributed by atoms with van der Waals surface area (Å²) in [6.07, 6.45) is -2.09. The summed E-state index contributed by atoms with van der Waals surface area (Å²) in [5, 5.41) is 0. The van der Waals surface area contributed by atoms with Crippen molar-refractivity contribution in [1.82, 2.24) is 4.98 Å². The smallest absolute Gasteiger partial charge is 0.323 e. The summed E-state index contributed by atoms with van der Waals surface area (Å²) in [5.74, 6) is -0.235. The van der Waals surface area contributed by atoms with Crippen LogP contribution in [0.5, 0.6) is 0 Å². The van der Waals surface area contributed by atoms with Crippen LogP contribution in [0.2, 0.25) is 0 Å². The normalized spacial score (nSPS) is 14.8. The number of aromatic nitrogens is 1. The van der Waals surface area contributed by atoms with Gasteiger partial charge in [0.1, 0.15) is 0 Å². The van der Waals surface area contributed by atoms with Gasteiger partial charge in [0.15, 0.2) is 0 Å². The van der Waals surface area contributed by atoms with Gasteiger partial charge in [-0.05, 0) is 17.2 Å². The van der Waals surface area contributed by atoms with Gasteiger partial charge in [0, 0.05) is 24.4 Å². The third-order valence-electron chi connectivity index (χ3n) is 3.38. The van der Waals surface area contributed by atoms with E-state index in [1.165, 1.54) is 6.20 Å². The first-order valence-electron chi connectivity index (χ1n) is 6.23. The molecule has 2 unspecified atom stereocenters. The fourth-order valence-corrected chi connectivity index (χ4v) is 2.16. The molecule has 2 atom stereocenters. The van der Waals surface area contributed by atoms with Crippen LogP contribution >= 0.6 is 0 Å². The minimum absolute atomic E-state index is 0.0244. The van der Waals surface area contributed by atoms with Gasteiger partial charge >= 0.3 is 6.18 Å². The zero-order valence-electron chi connectivity index (χ0n) is 10.9. The molecular formula is C15H15F3N2. The van der Waals surface area contributed by atoms with Gasteiger partial charge < -0.3 is 5.73 Å². The zero-order valence-corrected chi connectivity index (χ0v) is 10.9. The second kappa shape index (κ2) is 5.63. The van der Waals surface area contributed by atoms with E-state index in [2.05, 4.69) is 4.98 Å². The highest BCUT2D eigenvalue weighted by molar-refractivity contribution is 5.33. The van der Waals surface area contributed by atoms with E-state index in [1.807, 2.05) is 37.3 Å². The lowest BCUT2D eigenvalue weighted by Gasteiger charge is -2.23. The third-order valence-corrected chi connectivity index (χ3v) is 3.38. The average Bonchev–Trinajstić information content (AvgIpc) is 2.46. The lowest BCUT2D eigenvalue weighted by molar-refractivity contribution is -0.138. The molecule has 0 saturated heterocycles. The fraction of sp³-hybridized carbons (Fsp3) is 0.267. The Hall–Kier alpha value is -1.88. The number of hydrogen-bond donors (Lipinski definition) is 1. The quantitative estimate of drug-likeness (QED) is 0.926. The summed E-state index contributed by atoms with van der Waals surface area (Å²) in [4.78, 5) is 3.78. The van der Waals surface area contributed by atoms with Crippen LogP contribution in [0.1, 0.15) is 35.6 Å². The van der Waals surface area contributed by atoms with Crippen molar-refractivity contribution >= 4 is 0 Å². The largest absolute Gasteiger partial charge is 0.416 e. The van der Waals surface area contributed by atoms with Crippen LogP contribution in [0.4, 0.5) is 13.2 Å². The Kier molecular flexibility index (Phi) is 4.09. The molecule has 0 aliphatic rings. The van der Waals surface area contributed by atoms with Gasteiger partial charge in [-0.2, -0.15) is 13.2 Å². The molecule has 20 heavy (non-hydrogen) atoms. The van der Waals surface area contributed by atoms with Gasteiger partial charge in [-0.3, -0.25) is 4.98 Å². The van der Waals surface area contributed by atoms with E-state index in [0.717, 1.165) is 17.8 Å². The molecule has 0 amide bonds. The Balaban J connectivity index is 2.37. The van der Waals surface area contributed by atoms with E-state index in [0.29, 0.717) is 0 Å². The molecule has 0 aliphatic heterocycles. The van der Waals surface area contributed by atoms with Gasteiger partial charge in [0.25, 0.3) is 0 Å². The maximum atomic E-state index is 13.0. The van der Waals surface area contributed by atoms with Crippen LogP contribution in [-0.4, -0.2) is 4.98 Å². The number of pyridine rings is 1. The highest BCUT2D eigenvalue weighted by Gasteiger charge is 2.35. The Labute approximate surface area is 115 Å². The zero-order chi connectivity index (χ0) is 14.8. The first kappa shape index (κ1) is 14.5. The summed E-state index contributed by atoms with van der Waals surface area (Å²) in [6.45, 7) is 1.81. The molecule has 2 N–H and O–H groups in total. The van der Waals surface area contributed by atoms with Crippen molar-refractivity contribution in [1.29, 1.82) is 0 Å². The van der Waals surface area contributed by atoms with Crippen molar-refractivity contribution in [3.05, 3.63) is 65.5 Å². The van der Waals surface area contributed by atoms with Gasteiger partial charge in [-0.1, -0.05) is 37.3 Å². The van der Waals surface area contributed by atoms with Crippen molar-refractivity contribution < 1.29 is 13.2 Å². The third kappa shape index (κ3) is 2.99. The Bertz CT molecular complexity index is 567. The molecule has 0 radical (unpaired) electrons. The summed E-state index contributed by atoms with van der Waals surface area (Å²) < 4.78 is 39.0. The van der Waals surface area contributed by atoms with Crippen LogP contribution in [0, 0.1) is 0 Å². The molecule has 0 fully saturated rings. The summed E-state index contributed by atoms with van der Waals surface area (Å²) in [5.41, 5.74) is 6.23. The molecule has 0 aliphatic carbocycles. The highest BCUT2D eigenvalue weighted by Crippen LogP contribution is 2.37. The summed E-state index contributed by atoms with van der Waals surface area (Å²) in [6, 6.07) is 9.45. The van der Waals surface area contributed by atoms with Crippen molar-refractivity contribution in [2.45, 2.75) is 25.1 Å². The maximum absolute atomic E-state index is 13.0. The van der Waals surface area contributed by atoms with Gasteiger partial charge in [-0.15, -0.1) is 0 Å². The molecule has 5 heteroatoms. The molecule has 0 saturated carbocycles. The first-order valence-corrected chi connectivity index (χ1v) is 6.23. The highest BCUT2D eigenvalue weighted by atomic mass is 19.4. The lowest BCUT2D eigenvalue weighted by atomic mass is 9.88. The van der Waals surface area contributed by atoms with Gasteiger partial charge in [0.05, 0.1) is 5.56 Å². The second-order valence-corrected chi connectivity index (χ2v) is 4.69.